The lowest BCUT2D eigenvalue weighted by molar-refractivity contribution is 0.111. The smallest absolute Gasteiger partial charge is 0.213 e. The fraction of sp³-hybridized carbons (Fsp3) is 0.154. The number of rotatable bonds is 3. The number of benzene rings is 1. The van der Waals surface area contributed by atoms with Gasteiger partial charge in [-0.15, -0.1) is 0 Å². The van der Waals surface area contributed by atoms with E-state index in [1.165, 1.54) is 23.5 Å². The van der Waals surface area contributed by atoms with E-state index in [1.807, 2.05) is 6.92 Å². The maximum absolute atomic E-state index is 12.9. The van der Waals surface area contributed by atoms with Crippen LogP contribution in [0, 0.1) is 5.82 Å². The molecule has 6 heteroatoms. The maximum Gasteiger partial charge on any atom is 0.213 e. The maximum atomic E-state index is 12.9. The Hall–Kier alpha value is -2.08. The molecule has 4 nitrogen and oxygen atoms in total. The molecule has 0 saturated carbocycles. The van der Waals surface area contributed by atoms with Gasteiger partial charge in [-0.25, -0.2) is 9.37 Å². The van der Waals surface area contributed by atoms with Gasteiger partial charge in [0.15, 0.2) is 6.29 Å². The number of carbonyl (C=O) groups is 1. The first kappa shape index (κ1) is 12.0. The average molecular weight is 275 g/mol. The van der Waals surface area contributed by atoms with Crippen LogP contribution in [0.1, 0.15) is 22.4 Å². The third kappa shape index (κ3) is 1.94. The highest BCUT2D eigenvalue weighted by Gasteiger charge is 2.16. The minimum absolute atomic E-state index is 0.316. The number of nitrogens with zero attached hydrogens (tertiary/aromatic N) is 3. The predicted octanol–water partition coefficient (Wildman–Crippen LogP) is 2.97. The van der Waals surface area contributed by atoms with E-state index in [-0.39, 0.29) is 5.82 Å². The second kappa shape index (κ2) is 4.55. The monoisotopic (exact) mass is 275 g/mol. The molecule has 1 aromatic carbocycles. The normalized spacial score (nSPS) is 11.1. The molecule has 0 fully saturated rings. The Kier molecular flexibility index (Phi) is 2.87. The molecule has 96 valence electrons. The molecule has 3 rings (SSSR count). The highest BCUT2D eigenvalue weighted by Crippen LogP contribution is 2.26. The Morgan fingerprint density at radius 3 is 2.74 bits per heavy atom. The lowest BCUT2D eigenvalue weighted by Crippen LogP contribution is -1.94. The van der Waals surface area contributed by atoms with Crippen LogP contribution >= 0.6 is 11.3 Å². The zero-order chi connectivity index (χ0) is 13.4. The van der Waals surface area contributed by atoms with Crippen LogP contribution in [-0.2, 0) is 6.42 Å². The van der Waals surface area contributed by atoms with E-state index in [1.54, 1.807) is 16.6 Å². The topological polar surface area (TPSA) is 47.3 Å². The summed E-state index contributed by atoms with van der Waals surface area (Å²) in [4.78, 5) is 16.4. The molecule has 0 spiro atoms. The van der Waals surface area contributed by atoms with Crippen LogP contribution in [0.4, 0.5) is 4.39 Å². The van der Waals surface area contributed by atoms with E-state index >= 15 is 0 Å². The Balaban J connectivity index is 2.20. The first-order chi connectivity index (χ1) is 9.22. The minimum atomic E-state index is -0.316. The van der Waals surface area contributed by atoms with Crippen molar-refractivity contribution in [3.63, 3.8) is 0 Å². The number of aromatic nitrogens is 3. The molecule has 0 saturated heterocycles. The Morgan fingerprint density at radius 2 is 2.11 bits per heavy atom. The van der Waals surface area contributed by atoms with Crippen molar-refractivity contribution in [1.82, 2.24) is 14.6 Å². The second-order valence-electron chi connectivity index (χ2n) is 4.01. The third-order valence-electron chi connectivity index (χ3n) is 2.81. The van der Waals surface area contributed by atoms with Gasteiger partial charge in [0.05, 0.1) is 0 Å². The summed E-state index contributed by atoms with van der Waals surface area (Å²) >= 11 is 1.45. The molecular formula is C13H10FN3OS. The van der Waals surface area contributed by atoms with E-state index in [4.69, 9.17) is 0 Å². The number of aryl methyl sites for hydroxylation is 1. The van der Waals surface area contributed by atoms with Crippen LogP contribution in [0.25, 0.3) is 16.2 Å². The molecule has 0 aliphatic carbocycles. The first-order valence-corrected chi connectivity index (χ1v) is 6.64. The summed E-state index contributed by atoms with van der Waals surface area (Å²) < 4.78 is 14.5. The number of hydrogen-bond donors (Lipinski definition) is 0. The summed E-state index contributed by atoms with van der Waals surface area (Å²) in [6, 6.07) is 5.91. The van der Waals surface area contributed by atoms with Gasteiger partial charge in [0.25, 0.3) is 0 Å². The van der Waals surface area contributed by atoms with Crippen LogP contribution in [0.15, 0.2) is 24.3 Å². The van der Waals surface area contributed by atoms with Crippen molar-refractivity contribution in [2.24, 2.45) is 0 Å². The number of hydrogen-bond acceptors (Lipinski definition) is 4. The molecule has 0 bridgehead atoms. The SMILES string of the molecule is CCc1nn2c(C=O)c(-c3ccc(F)cc3)nc2s1. The van der Waals surface area contributed by atoms with Crippen LogP contribution in [0.3, 0.4) is 0 Å². The molecule has 0 amide bonds. The van der Waals surface area contributed by atoms with Gasteiger partial charge in [0.1, 0.15) is 22.2 Å². The van der Waals surface area contributed by atoms with Crippen LogP contribution < -0.4 is 0 Å². The van der Waals surface area contributed by atoms with Gasteiger partial charge in [0.2, 0.25) is 4.96 Å². The highest BCUT2D eigenvalue weighted by atomic mass is 32.1. The van der Waals surface area contributed by atoms with Gasteiger partial charge in [-0.1, -0.05) is 18.3 Å². The van der Waals surface area contributed by atoms with Gasteiger partial charge in [-0.2, -0.15) is 9.61 Å². The summed E-state index contributed by atoms with van der Waals surface area (Å²) in [6.45, 7) is 2.00. The number of imidazole rings is 1. The van der Waals surface area contributed by atoms with Crippen molar-refractivity contribution in [3.05, 3.63) is 40.8 Å². The zero-order valence-corrected chi connectivity index (χ0v) is 10.9. The molecule has 0 N–H and O–H groups in total. The second-order valence-corrected chi connectivity index (χ2v) is 5.05. The van der Waals surface area contributed by atoms with Gasteiger partial charge >= 0.3 is 0 Å². The molecular weight excluding hydrogens is 265 g/mol. The van der Waals surface area contributed by atoms with Gasteiger partial charge in [-0.3, -0.25) is 4.79 Å². The summed E-state index contributed by atoms with van der Waals surface area (Å²) in [5, 5.41) is 5.26. The molecule has 0 aliphatic rings. The Bertz CT molecular complexity index is 745. The Morgan fingerprint density at radius 1 is 1.37 bits per heavy atom. The van der Waals surface area contributed by atoms with Crippen LogP contribution in [-0.4, -0.2) is 20.9 Å². The summed E-state index contributed by atoms with van der Waals surface area (Å²) in [5.41, 5.74) is 1.65. The highest BCUT2D eigenvalue weighted by molar-refractivity contribution is 7.16. The minimum Gasteiger partial charge on any atom is -0.296 e. The van der Waals surface area contributed by atoms with Crippen molar-refractivity contribution in [2.75, 3.05) is 0 Å². The third-order valence-corrected chi connectivity index (χ3v) is 3.86. The van der Waals surface area contributed by atoms with E-state index in [9.17, 15) is 9.18 Å². The molecule has 19 heavy (non-hydrogen) atoms. The van der Waals surface area contributed by atoms with E-state index in [2.05, 4.69) is 10.1 Å². The van der Waals surface area contributed by atoms with Crippen molar-refractivity contribution in [1.29, 1.82) is 0 Å². The summed E-state index contributed by atoms with van der Waals surface area (Å²) in [6.07, 6.45) is 1.54. The molecule has 0 atom stereocenters. The van der Waals surface area contributed by atoms with Crippen molar-refractivity contribution < 1.29 is 9.18 Å². The van der Waals surface area contributed by atoms with Gasteiger partial charge in [-0.05, 0) is 30.7 Å². The predicted molar refractivity (Wildman–Crippen MR) is 71.0 cm³/mol. The molecule has 2 heterocycles. The number of carbonyl (C=O) groups excluding carboxylic acids is 1. The summed E-state index contributed by atoms with van der Waals surface area (Å²) in [5.74, 6) is -0.316. The zero-order valence-electron chi connectivity index (χ0n) is 10.1. The quantitative estimate of drug-likeness (QED) is 0.690. The van der Waals surface area contributed by atoms with E-state index < -0.39 is 0 Å². The fourth-order valence-electron chi connectivity index (χ4n) is 1.87. The molecule has 0 radical (unpaired) electrons. The number of aldehydes is 1. The van der Waals surface area contributed by atoms with Crippen molar-refractivity contribution in [2.45, 2.75) is 13.3 Å². The number of halogens is 1. The summed E-state index contributed by atoms with van der Waals surface area (Å²) in [7, 11) is 0. The van der Waals surface area contributed by atoms with Gasteiger partial charge in [0, 0.05) is 5.56 Å². The molecule has 3 aromatic rings. The largest absolute Gasteiger partial charge is 0.296 e. The van der Waals surface area contributed by atoms with Gasteiger partial charge < -0.3 is 0 Å². The van der Waals surface area contributed by atoms with Crippen molar-refractivity contribution >= 4 is 22.6 Å². The number of fused-ring (bicyclic) bond motifs is 1. The van der Waals surface area contributed by atoms with E-state index in [0.717, 1.165) is 17.7 Å². The molecule has 2 aromatic heterocycles. The van der Waals surface area contributed by atoms with E-state index in [0.29, 0.717) is 21.9 Å². The average Bonchev–Trinajstić information content (AvgIpc) is 2.96. The molecule has 0 unspecified atom stereocenters. The lowest BCUT2D eigenvalue weighted by Gasteiger charge is -1.97. The first-order valence-electron chi connectivity index (χ1n) is 5.82. The Labute approximate surface area is 112 Å². The van der Waals surface area contributed by atoms with Crippen LogP contribution in [0.2, 0.25) is 0 Å². The standard InChI is InChI=1S/C13H10FN3OS/c1-2-11-16-17-10(7-18)12(15-13(17)19-11)8-3-5-9(14)6-4-8/h3-7H,2H2,1H3. The van der Waals surface area contributed by atoms with Crippen LogP contribution in [0.5, 0.6) is 0 Å². The molecule has 0 aliphatic heterocycles. The fourth-order valence-corrected chi connectivity index (χ4v) is 2.71. The van der Waals surface area contributed by atoms with Crippen molar-refractivity contribution in [3.8, 4) is 11.3 Å². The lowest BCUT2D eigenvalue weighted by atomic mass is 10.1.